The Balaban J connectivity index is 1.51. The van der Waals surface area contributed by atoms with Gasteiger partial charge in [-0.2, -0.15) is 5.10 Å². The third-order valence-electron chi connectivity index (χ3n) is 4.66. The number of aliphatic hydroxyl groups is 1. The van der Waals surface area contributed by atoms with Crippen LogP contribution in [0.25, 0.3) is 0 Å². The van der Waals surface area contributed by atoms with Crippen molar-refractivity contribution in [1.82, 2.24) is 20.8 Å². The molecule has 1 aromatic carbocycles. The first-order valence-corrected chi connectivity index (χ1v) is 9.01. The molecule has 3 rings (SSSR count). The first-order chi connectivity index (χ1) is 12.9. The SMILES string of the molecule is O=C(N[C@H]1C[C@H](C(=O)NCCc2cn[nH]c2)C[C@@H]1O)c1ccc(Cl)cc1F. The highest BCUT2D eigenvalue weighted by molar-refractivity contribution is 6.30. The fraction of sp³-hybridized carbons (Fsp3) is 0.389. The molecule has 1 aromatic heterocycles. The highest BCUT2D eigenvalue weighted by atomic mass is 35.5. The van der Waals surface area contributed by atoms with E-state index in [9.17, 15) is 19.1 Å². The van der Waals surface area contributed by atoms with Gasteiger partial charge < -0.3 is 15.7 Å². The minimum absolute atomic E-state index is 0.153. The van der Waals surface area contributed by atoms with Crippen LogP contribution in [0.3, 0.4) is 0 Å². The second-order valence-corrected chi connectivity index (χ2v) is 7.02. The summed E-state index contributed by atoms with van der Waals surface area (Å²) in [6.07, 6.45) is 3.76. The molecular formula is C18H20ClFN4O3. The van der Waals surface area contributed by atoms with E-state index in [1.165, 1.54) is 12.1 Å². The van der Waals surface area contributed by atoms with Gasteiger partial charge in [0.05, 0.1) is 23.9 Å². The van der Waals surface area contributed by atoms with E-state index in [0.717, 1.165) is 11.6 Å². The predicted molar refractivity (Wildman–Crippen MR) is 96.7 cm³/mol. The quantitative estimate of drug-likeness (QED) is 0.594. The number of rotatable bonds is 6. The zero-order valence-corrected chi connectivity index (χ0v) is 15.2. The maximum Gasteiger partial charge on any atom is 0.254 e. The molecule has 1 aliphatic carbocycles. The van der Waals surface area contributed by atoms with Crippen LogP contribution in [0.2, 0.25) is 5.02 Å². The van der Waals surface area contributed by atoms with Crippen LogP contribution in [-0.4, -0.2) is 45.8 Å². The fourth-order valence-corrected chi connectivity index (χ4v) is 3.35. The van der Waals surface area contributed by atoms with E-state index >= 15 is 0 Å². The topological polar surface area (TPSA) is 107 Å². The number of amides is 2. The van der Waals surface area contributed by atoms with Crippen LogP contribution in [0.15, 0.2) is 30.6 Å². The van der Waals surface area contributed by atoms with Gasteiger partial charge in [-0.05, 0) is 43.0 Å². The van der Waals surface area contributed by atoms with Gasteiger partial charge in [0.2, 0.25) is 5.91 Å². The molecule has 3 atom stereocenters. The number of nitrogens with zero attached hydrogens (tertiary/aromatic N) is 1. The van der Waals surface area contributed by atoms with Crippen LogP contribution in [0.5, 0.6) is 0 Å². The lowest BCUT2D eigenvalue weighted by Crippen LogP contribution is -2.40. The van der Waals surface area contributed by atoms with Gasteiger partial charge in [0.25, 0.3) is 5.91 Å². The van der Waals surface area contributed by atoms with Gasteiger partial charge in [-0.1, -0.05) is 11.6 Å². The number of aromatic amines is 1. The summed E-state index contributed by atoms with van der Waals surface area (Å²) in [7, 11) is 0. The van der Waals surface area contributed by atoms with Gasteiger partial charge in [-0.15, -0.1) is 0 Å². The van der Waals surface area contributed by atoms with Crippen molar-refractivity contribution in [2.24, 2.45) is 5.92 Å². The molecule has 0 saturated heterocycles. The van der Waals surface area contributed by atoms with Gasteiger partial charge in [-0.25, -0.2) is 4.39 Å². The third kappa shape index (κ3) is 4.84. The Kier molecular flexibility index (Phi) is 6.08. The van der Waals surface area contributed by atoms with E-state index < -0.39 is 29.8 Å². The first-order valence-electron chi connectivity index (χ1n) is 8.63. The number of benzene rings is 1. The Hall–Kier alpha value is -2.45. The molecule has 0 aliphatic heterocycles. The van der Waals surface area contributed by atoms with Crippen LogP contribution < -0.4 is 10.6 Å². The van der Waals surface area contributed by atoms with Crippen LogP contribution in [-0.2, 0) is 11.2 Å². The molecule has 9 heteroatoms. The van der Waals surface area contributed by atoms with Gasteiger partial charge in [0.15, 0.2) is 0 Å². The summed E-state index contributed by atoms with van der Waals surface area (Å²) < 4.78 is 13.9. The fourth-order valence-electron chi connectivity index (χ4n) is 3.19. The number of hydrogen-bond acceptors (Lipinski definition) is 4. The predicted octanol–water partition coefficient (Wildman–Crippen LogP) is 1.43. The van der Waals surface area contributed by atoms with Crippen molar-refractivity contribution in [1.29, 1.82) is 0 Å². The maximum absolute atomic E-state index is 13.9. The van der Waals surface area contributed by atoms with E-state index in [4.69, 9.17) is 11.6 Å². The van der Waals surface area contributed by atoms with Crippen LogP contribution in [0, 0.1) is 11.7 Å². The standard InChI is InChI=1S/C18H20ClFN4O3/c19-12-1-2-13(14(20)7-12)18(27)24-15-5-11(6-16(15)25)17(26)21-4-3-10-8-22-23-9-10/h1-2,7-9,11,15-16,25H,3-6H2,(H,21,26)(H,22,23)(H,24,27)/t11-,15-,16-/m0/s1. The molecule has 1 fully saturated rings. The molecule has 0 radical (unpaired) electrons. The summed E-state index contributed by atoms with van der Waals surface area (Å²) in [5.41, 5.74) is 0.830. The maximum atomic E-state index is 13.9. The zero-order valence-electron chi connectivity index (χ0n) is 14.4. The number of halogens is 2. The average Bonchev–Trinajstić information content (AvgIpc) is 3.25. The average molecular weight is 395 g/mol. The van der Waals surface area contributed by atoms with Crippen molar-refractivity contribution >= 4 is 23.4 Å². The minimum Gasteiger partial charge on any atom is -0.391 e. The van der Waals surface area contributed by atoms with Crippen LogP contribution in [0.1, 0.15) is 28.8 Å². The normalized spacial score (nSPS) is 21.8. The molecule has 1 saturated carbocycles. The Labute approximate surface area is 160 Å². The molecule has 0 spiro atoms. The number of carbonyl (C=O) groups excluding carboxylic acids is 2. The second-order valence-electron chi connectivity index (χ2n) is 6.59. The summed E-state index contributed by atoms with van der Waals surface area (Å²) in [4.78, 5) is 24.5. The lowest BCUT2D eigenvalue weighted by Gasteiger charge is -2.16. The molecular weight excluding hydrogens is 375 g/mol. The minimum atomic E-state index is -0.867. The molecule has 2 aromatic rings. The molecule has 7 nitrogen and oxygen atoms in total. The summed E-state index contributed by atoms with van der Waals surface area (Å²) >= 11 is 5.68. The third-order valence-corrected chi connectivity index (χ3v) is 4.89. The van der Waals surface area contributed by atoms with Gasteiger partial charge >= 0.3 is 0 Å². The number of aliphatic hydroxyl groups excluding tert-OH is 1. The summed E-state index contributed by atoms with van der Waals surface area (Å²) in [5.74, 6) is -1.97. The van der Waals surface area contributed by atoms with Crippen molar-refractivity contribution in [3.05, 3.63) is 52.6 Å². The van der Waals surface area contributed by atoms with Gasteiger partial charge in [0, 0.05) is 23.7 Å². The smallest absolute Gasteiger partial charge is 0.254 e. The Morgan fingerprint density at radius 2 is 2.19 bits per heavy atom. The Morgan fingerprint density at radius 3 is 2.89 bits per heavy atom. The van der Waals surface area contributed by atoms with Gasteiger partial charge in [0.1, 0.15) is 5.82 Å². The number of H-pyrrole nitrogens is 1. The molecule has 0 bridgehead atoms. The van der Waals surface area contributed by atoms with Crippen molar-refractivity contribution in [3.63, 3.8) is 0 Å². The molecule has 1 aliphatic rings. The molecule has 27 heavy (non-hydrogen) atoms. The van der Waals surface area contributed by atoms with E-state index in [0.29, 0.717) is 19.4 Å². The number of hydrogen-bond donors (Lipinski definition) is 4. The van der Waals surface area contributed by atoms with E-state index in [2.05, 4.69) is 20.8 Å². The zero-order chi connectivity index (χ0) is 19.4. The van der Waals surface area contributed by atoms with Crippen LogP contribution >= 0.6 is 11.6 Å². The highest BCUT2D eigenvalue weighted by Crippen LogP contribution is 2.27. The lowest BCUT2D eigenvalue weighted by molar-refractivity contribution is -0.125. The van der Waals surface area contributed by atoms with E-state index in [1.54, 1.807) is 12.4 Å². The number of aromatic nitrogens is 2. The number of nitrogens with one attached hydrogen (secondary N) is 3. The Morgan fingerprint density at radius 1 is 1.37 bits per heavy atom. The highest BCUT2D eigenvalue weighted by Gasteiger charge is 2.37. The van der Waals surface area contributed by atoms with Crippen molar-refractivity contribution in [2.45, 2.75) is 31.4 Å². The molecule has 2 amide bonds. The van der Waals surface area contributed by atoms with E-state index in [1.807, 2.05) is 0 Å². The van der Waals surface area contributed by atoms with Crippen molar-refractivity contribution < 1.29 is 19.1 Å². The summed E-state index contributed by atoms with van der Waals surface area (Å²) in [6.45, 7) is 0.456. The summed E-state index contributed by atoms with van der Waals surface area (Å²) in [6, 6.07) is 3.14. The van der Waals surface area contributed by atoms with Crippen molar-refractivity contribution in [2.75, 3.05) is 6.54 Å². The molecule has 1 heterocycles. The second kappa shape index (κ2) is 8.49. The van der Waals surface area contributed by atoms with Gasteiger partial charge in [-0.3, -0.25) is 14.7 Å². The van der Waals surface area contributed by atoms with Crippen LogP contribution in [0.4, 0.5) is 4.39 Å². The molecule has 144 valence electrons. The number of carbonyl (C=O) groups is 2. The first kappa shape index (κ1) is 19.3. The monoisotopic (exact) mass is 394 g/mol. The summed E-state index contributed by atoms with van der Waals surface area (Å²) in [5, 5.41) is 22.3. The molecule has 0 unspecified atom stereocenters. The lowest BCUT2D eigenvalue weighted by atomic mass is 10.1. The van der Waals surface area contributed by atoms with Crippen molar-refractivity contribution in [3.8, 4) is 0 Å². The molecule has 4 N–H and O–H groups in total. The van der Waals surface area contributed by atoms with E-state index in [-0.39, 0.29) is 22.9 Å². The largest absolute Gasteiger partial charge is 0.391 e. The Bertz CT molecular complexity index is 815.